The third-order valence-corrected chi connectivity index (χ3v) is 6.53. The van der Waals surface area contributed by atoms with Crippen molar-refractivity contribution >= 4 is 38.9 Å². The van der Waals surface area contributed by atoms with Crippen LogP contribution in [0.25, 0.3) is 0 Å². The molecular formula is C9H12ClN3O3S2. The molecule has 0 radical (unpaired) electrons. The molecule has 0 aromatic carbocycles. The summed E-state index contributed by atoms with van der Waals surface area (Å²) in [6.45, 7) is 3.71. The number of aryl methyl sites for hydroxylation is 1. The number of amides is 1. The van der Waals surface area contributed by atoms with Gasteiger partial charge < -0.3 is 5.32 Å². The molecule has 9 heteroatoms. The van der Waals surface area contributed by atoms with Gasteiger partial charge in [0, 0.05) is 13.1 Å². The summed E-state index contributed by atoms with van der Waals surface area (Å²) >= 11 is 6.63. The van der Waals surface area contributed by atoms with Crippen LogP contribution < -0.4 is 5.32 Å². The first-order valence-corrected chi connectivity index (χ1v) is 7.90. The molecule has 2 heterocycles. The highest BCUT2D eigenvalue weighted by Crippen LogP contribution is 2.30. The largest absolute Gasteiger partial charge is 0.353 e. The zero-order valence-electron chi connectivity index (χ0n) is 9.81. The number of halogens is 1. The van der Waals surface area contributed by atoms with Gasteiger partial charge in [0.2, 0.25) is 5.91 Å². The van der Waals surface area contributed by atoms with E-state index in [9.17, 15) is 13.2 Å². The van der Waals surface area contributed by atoms with Crippen LogP contribution in [0.2, 0.25) is 4.47 Å². The molecule has 18 heavy (non-hydrogen) atoms. The molecule has 1 amide bonds. The molecule has 0 spiro atoms. The first-order valence-electron chi connectivity index (χ1n) is 5.26. The molecule has 100 valence electrons. The van der Waals surface area contributed by atoms with Gasteiger partial charge in [0.1, 0.15) is 6.04 Å². The molecule has 1 unspecified atom stereocenters. The van der Waals surface area contributed by atoms with Crippen LogP contribution in [0.15, 0.2) is 4.21 Å². The van der Waals surface area contributed by atoms with Gasteiger partial charge in [0.15, 0.2) is 8.68 Å². The average molecular weight is 310 g/mol. The van der Waals surface area contributed by atoms with Gasteiger partial charge in [0.05, 0.1) is 5.69 Å². The number of aromatic nitrogens is 1. The molecule has 1 aromatic heterocycles. The Labute approximate surface area is 114 Å². The Hall–Kier alpha value is -0.700. The van der Waals surface area contributed by atoms with E-state index in [4.69, 9.17) is 11.6 Å². The van der Waals surface area contributed by atoms with Crippen LogP contribution in [0.4, 0.5) is 0 Å². The average Bonchev–Trinajstić information content (AvgIpc) is 2.62. The molecule has 1 saturated heterocycles. The Kier molecular flexibility index (Phi) is 3.63. The minimum absolute atomic E-state index is 0.106. The van der Waals surface area contributed by atoms with Crippen LogP contribution in [0.3, 0.4) is 0 Å². The summed E-state index contributed by atoms with van der Waals surface area (Å²) in [7, 11) is -3.71. The summed E-state index contributed by atoms with van der Waals surface area (Å²) < 4.78 is 26.3. The van der Waals surface area contributed by atoms with Gasteiger partial charge in [-0.2, -0.15) is 4.31 Å². The second-order valence-corrected chi connectivity index (χ2v) is 7.59. The third-order valence-electron chi connectivity index (χ3n) is 2.71. The van der Waals surface area contributed by atoms with Gasteiger partial charge in [-0.3, -0.25) is 4.79 Å². The Morgan fingerprint density at radius 2 is 2.22 bits per heavy atom. The van der Waals surface area contributed by atoms with E-state index in [1.54, 1.807) is 13.8 Å². The minimum atomic E-state index is -3.71. The zero-order chi connectivity index (χ0) is 13.5. The van der Waals surface area contributed by atoms with Gasteiger partial charge in [0.25, 0.3) is 10.0 Å². The van der Waals surface area contributed by atoms with Gasteiger partial charge in [-0.25, -0.2) is 13.4 Å². The monoisotopic (exact) mass is 309 g/mol. The van der Waals surface area contributed by atoms with Crippen molar-refractivity contribution in [3.63, 3.8) is 0 Å². The standard InChI is InChI=1S/C9H12ClN3O3S2/c1-5-8(17-9(10)12-5)18(15,16)13-4-3-11-7(14)6(13)2/h6H,3-4H2,1-2H3,(H,11,14). The van der Waals surface area contributed by atoms with Crippen LogP contribution >= 0.6 is 22.9 Å². The first kappa shape index (κ1) is 13.7. The number of rotatable bonds is 2. The lowest BCUT2D eigenvalue weighted by molar-refractivity contribution is -0.126. The summed E-state index contributed by atoms with van der Waals surface area (Å²) in [6.07, 6.45) is 0. The number of thiazole rings is 1. The third kappa shape index (κ3) is 2.25. The van der Waals surface area contributed by atoms with Crippen LogP contribution in [0, 0.1) is 6.92 Å². The lowest BCUT2D eigenvalue weighted by atomic mass is 10.2. The van der Waals surface area contributed by atoms with Crippen molar-refractivity contribution in [2.45, 2.75) is 24.1 Å². The van der Waals surface area contributed by atoms with E-state index in [-0.39, 0.29) is 21.1 Å². The molecule has 0 bridgehead atoms. The first-order chi connectivity index (χ1) is 8.34. The number of nitrogens with one attached hydrogen (secondary N) is 1. The summed E-state index contributed by atoms with van der Waals surface area (Å²) in [5, 5.41) is 2.62. The fourth-order valence-corrected chi connectivity index (χ4v) is 5.23. The normalized spacial score (nSPS) is 21.9. The van der Waals surface area contributed by atoms with E-state index in [2.05, 4.69) is 10.3 Å². The van der Waals surface area contributed by atoms with E-state index < -0.39 is 16.1 Å². The fourth-order valence-electron chi connectivity index (χ4n) is 1.79. The zero-order valence-corrected chi connectivity index (χ0v) is 12.2. The highest BCUT2D eigenvalue weighted by atomic mass is 35.5. The smallest absolute Gasteiger partial charge is 0.255 e. The van der Waals surface area contributed by atoms with Gasteiger partial charge in [-0.1, -0.05) is 22.9 Å². The molecule has 1 fully saturated rings. The Morgan fingerprint density at radius 1 is 1.56 bits per heavy atom. The van der Waals surface area contributed by atoms with E-state index in [1.807, 2.05) is 0 Å². The van der Waals surface area contributed by atoms with E-state index in [1.165, 1.54) is 4.31 Å². The summed E-state index contributed by atoms with van der Waals surface area (Å²) in [5.41, 5.74) is 0.364. The second-order valence-electron chi connectivity index (χ2n) is 3.92. The molecular weight excluding hydrogens is 298 g/mol. The molecule has 2 rings (SSSR count). The lowest BCUT2D eigenvalue weighted by Crippen LogP contribution is -2.55. The van der Waals surface area contributed by atoms with Crippen molar-refractivity contribution in [1.29, 1.82) is 0 Å². The van der Waals surface area contributed by atoms with Crippen molar-refractivity contribution in [1.82, 2.24) is 14.6 Å². The van der Waals surface area contributed by atoms with Crippen molar-refractivity contribution < 1.29 is 13.2 Å². The Morgan fingerprint density at radius 3 is 2.78 bits per heavy atom. The van der Waals surface area contributed by atoms with Crippen molar-refractivity contribution in [2.24, 2.45) is 0 Å². The van der Waals surface area contributed by atoms with Crippen LogP contribution in [0.5, 0.6) is 0 Å². The van der Waals surface area contributed by atoms with Crippen molar-refractivity contribution in [3.8, 4) is 0 Å². The number of sulfonamides is 1. The maximum atomic E-state index is 12.4. The van der Waals surface area contributed by atoms with E-state index >= 15 is 0 Å². The summed E-state index contributed by atoms with van der Waals surface area (Å²) in [5.74, 6) is -0.293. The van der Waals surface area contributed by atoms with Gasteiger partial charge >= 0.3 is 0 Å². The second kappa shape index (κ2) is 4.76. The highest BCUT2D eigenvalue weighted by Gasteiger charge is 2.37. The molecule has 6 nitrogen and oxygen atoms in total. The van der Waals surface area contributed by atoms with E-state index in [0.717, 1.165) is 11.3 Å². The fraction of sp³-hybridized carbons (Fsp3) is 0.556. The molecule has 1 aliphatic rings. The summed E-state index contributed by atoms with van der Waals surface area (Å²) in [6, 6.07) is -0.718. The van der Waals surface area contributed by atoms with Crippen molar-refractivity contribution in [2.75, 3.05) is 13.1 Å². The minimum Gasteiger partial charge on any atom is -0.353 e. The number of hydrogen-bond donors (Lipinski definition) is 1. The Bertz CT molecular complexity index is 584. The topological polar surface area (TPSA) is 79.4 Å². The number of nitrogens with zero attached hydrogens (tertiary/aromatic N) is 2. The van der Waals surface area contributed by atoms with Crippen LogP contribution in [0.1, 0.15) is 12.6 Å². The number of hydrogen-bond acceptors (Lipinski definition) is 5. The van der Waals surface area contributed by atoms with E-state index in [0.29, 0.717) is 12.2 Å². The SMILES string of the molecule is Cc1nc(Cl)sc1S(=O)(=O)N1CCNC(=O)C1C. The van der Waals surface area contributed by atoms with Gasteiger partial charge in [-0.05, 0) is 13.8 Å². The lowest BCUT2D eigenvalue weighted by Gasteiger charge is -2.31. The van der Waals surface area contributed by atoms with Gasteiger partial charge in [-0.15, -0.1) is 0 Å². The number of carbonyl (C=O) groups is 1. The Balaban J connectivity index is 2.42. The quantitative estimate of drug-likeness (QED) is 0.868. The molecule has 1 aliphatic heterocycles. The molecule has 1 atom stereocenters. The molecule has 1 aromatic rings. The maximum absolute atomic E-state index is 12.4. The predicted octanol–water partition coefficient (Wildman–Crippen LogP) is 0.614. The molecule has 1 N–H and O–H groups in total. The maximum Gasteiger partial charge on any atom is 0.255 e. The predicted molar refractivity (Wildman–Crippen MR) is 68.2 cm³/mol. The number of piperazine rings is 1. The van der Waals surface area contributed by atoms with Crippen molar-refractivity contribution in [3.05, 3.63) is 10.2 Å². The molecule has 0 saturated carbocycles. The molecule has 0 aliphatic carbocycles. The van der Waals surface area contributed by atoms with Crippen LogP contribution in [-0.4, -0.2) is 42.7 Å². The number of carbonyl (C=O) groups excluding carboxylic acids is 1. The highest BCUT2D eigenvalue weighted by molar-refractivity contribution is 7.91. The summed E-state index contributed by atoms with van der Waals surface area (Å²) in [4.78, 5) is 15.4. The van der Waals surface area contributed by atoms with Crippen LogP contribution in [-0.2, 0) is 14.8 Å².